The minimum Gasteiger partial charge on any atom is -0.481 e. The summed E-state index contributed by atoms with van der Waals surface area (Å²) in [6, 6.07) is 9.01. The maximum Gasteiger partial charge on any atom is 0.315 e. The van der Waals surface area contributed by atoms with Gasteiger partial charge in [0, 0.05) is 6.54 Å². The van der Waals surface area contributed by atoms with Gasteiger partial charge < -0.3 is 10.4 Å². The van der Waals surface area contributed by atoms with E-state index in [9.17, 15) is 14.7 Å². The van der Waals surface area contributed by atoms with Crippen LogP contribution in [0.2, 0.25) is 0 Å². The maximum absolute atomic E-state index is 12.5. The molecule has 0 aliphatic carbocycles. The Morgan fingerprint density at radius 1 is 1.30 bits per heavy atom. The molecule has 2 unspecified atom stereocenters. The molecule has 1 aliphatic rings. The van der Waals surface area contributed by atoms with Crippen LogP contribution < -0.4 is 5.32 Å². The molecule has 126 valence electrons. The minimum atomic E-state index is -1.08. The molecule has 1 aromatic rings. The number of amides is 1. The van der Waals surface area contributed by atoms with Crippen LogP contribution in [0.15, 0.2) is 30.3 Å². The quantitative estimate of drug-likeness (QED) is 0.842. The van der Waals surface area contributed by atoms with Crippen molar-refractivity contribution in [3.8, 4) is 0 Å². The number of piperidine rings is 1. The van der Waals surface area contributed by atoms with Crippen LogP contribution in [0.1, 0.15) is 38.2 Å². The SMILES string of the molecule is CCC(CNC(=O)C1CCCCN1C)(C(=O)O)c1ccccc1. The Hall–Kier alpha value is -1.88. The number of likely N-dealkylation sites (N-methyl/N-ethyl adjacent to an activating group) is 1. The molecule has 1 aliphatic heterocycles. The number of carboxylic acid groups (broad SMARTS) is 1. The Labute approximate surface area is 137 Å². The van der Waals surface area contributed by atoms with Crippen LogP contribution in [-0.2, 0) is 15.0 Å². The summed E-state index contributed by atoms with van der Waals surface area (Å²) >= 11 is 0. The van der Waals surface area contributed by atoms with E-state index in [0.29, 0.717) is 6.42 Å². The van der Waals surface area contributed by atoms with Gasteiger partial charge in [0.05, 0.1) is 6.04 Å². The average molecular weight is 318 g/mol. The van der Waals surface area contributed by atoms with Crippen LogP contribution in [0, 0.1) is 0 Å². The van der Waals surface area contributed by atoms with Gasteiger partial charge in [0.2, 0.25) is 5.91 Å². The highest BCUT2D eigenvalue weighted by Crippen LogP contribution is 2.28. The van der Waals surface area contributed by atoms with Crippen molar-refractivity contribution in [2.75, 3.05) is 20.1 Å². The lowest BCUT2D eigenvalue weighted by Gasteiger charge is -2.33. The minimum absolute atomic E-state index is 0.0674. The summed E-state index contributed by atoms with van der Waals surface area (Å²) < 4.78 is 0. The second-order valence-corrected chi connectivity index (χ2v) is 6.32. The third-order valence-corrected chi connectivity index (χ3v) is 4.98. The molecule has 2 atom stereocenters. The highest BCUT2D eigenvalue weighted by molar-refractivity contribution is 5.85. The Morgan fingerprint density at radius 2 is 2.00 bits per heavy atom. The predicted octanol–water partition coefficient (Wildman–Crippen LogP) is 2.02. The summed E-state index contributed by atoms with van der Waals surface area (Å²) in [6.45, 7) is 2.88. The molecule has 5 nitrogen and oxygen atoms in total. The smallest absolute Gasteiger partial charge is 0.315 e. The molecule has 1 amide bonds. The molecule has 0 saturated carbocycles. The number of carboxylic acids is 1. The number of carbonyl (C=O) groups excluding carboxylic acids is 1. The molecule has 2 N–H and O–H groups in total. The van der Waals surface area contributed by atoms with E-state index in [1.165, 1.54) is 0 Å². The molecule has 23 heavy (non-hydrogen) atoms. The molecule has 0 spiro atoms. The summed E-state index contributed by atoms with van der Waals surface area (Å²) in [5, 5.41) is 12.7. The molecule has 0 radical (unpaired) electrons. The molecule has 1 aromatic carbocycles. The van der Waals surface area contributed by atoms with E-state index in [-0.39, 0.29) is 18.5 Å². The molecule has 0 aromatic heterocycles. The predicted molar refractivity (Wildman–Crippen MR) is 89.3 cm³/mol. The van der Waals surface area contributed by atoms with Gasteiger partial charge in [-0.15, -0.1) is 0 Å². The van der Waals surface area contributed by atoms with Crippen LogP contribution in [0.5, 0.6) is 0 Å². The van der Waals surface area contributed by atoms with Gasteiger partial charge in [-0.3, -0.25) is 14.5 Å². The van der Waals surface area contributed by atoms with E-state index < -0.39 is 11.4 Å². The van der Waals surface area contributed by atoms with Crippen molar-refractivity contribution in [3.05, 3.63) is 35.9 Å². The van der Waals surface area contributed by atoms with Gasteiger partial charge in [-0.05, 0) is 38.4 Å². The lowest BCUT2D eigenvalue weighted by Crippen LogP contribution is -2.52. The first-order valence-corrected chi connectivity index (χ1v) is 8.28. The third-order valence-electron chi connectivity index (χ3n) is 4.98. The molecule has 2 rings (SSSR count). The fourth-order valence-electron chi connectivity index (χ4n) is 3.30. The number of benzene rings is 1. The van der Waals surface area contributed by atoms with E-state index in [0.717, 1.165) is 31.4 Å². The number of hydrogen-bond donors (Lipinski definition) is 2. The summed E-state index contributed by atoms with van der Waals surface area (Å²) in [6.07, 6.45) is 3.41. The summed E-state index contributed by atoms with van der Waals surface area (Å²) in [5.74, 6) is -0.967. The van der Waals surface area contributed by atoms with Crippen LogP contribution in [0.4, 0.5) is 0 Å². The summed E-state index contributed by atoms with van der Waals surface area (Å²) in [7, 11) is 1.95. The third kappa shape index (κ3) is 3.72. The van der Waals surface area contributed by atoms with Crippen molar-refractivity contribution in [2.24, 2.45) is 0 Å². The first-order chi connectivity index (χ1) is 11.0. The first kappa shape index (κ1) is 17.5. The van der Waals surface area contributed by atoms with E-state index in [2.05, 4.69) is 10.2 Å². The number of rotatable bonds is 6. The van der Waals surface area contributed by atoms with Crippen molar-refractivity contribution < 1.29 is 14.7 Å². The fourth-order valence-corrected chi connectivity index (χ4v) is 3.30. The number of nitrogens with zero attached hydrogens (tertiary/aromatic N) is 1. The fraction of sp³-hybridized carbons (Fsp3) is 0.556. The van der Waals surface area contributed by atoms with Gasteiger partial charge in [-0.25, -0.2) is 0 Å². The Balaban J connectivity index is 2.13. The number of aliphatic carboxylic acids is 1. The molecular formula is C18H26N2O3. The molecule has 1 fully saturated rings. The zero-order valence-electron chi connectivity index (χ0n) is 13.9. The molecule has 1 heterocycles. The van der Waals surface area contributed by atoms with Crippen molar-refractivity contribution in [3.63, 3.8) is 0 Å². The highest BCUT2D eigenvalue weighted by Gasteiger charge is 2.39. The van der Waals surface area contributed by atoms with Gasteiger partial charge in [-0.2, -0.15) is 0 Å². The monoisotopic (exact) mass is 318 g/mol. The standard InChI is InChI=1S/C18H26N2O3/c1-3-18(17(22)23,14-9-5-4-6-10-14)13-19-16(21)15-11-7-8-12-20(15)2/h4-6,9-10,15H,3,7-8,11-13H2,1-2H3,(H,19,21)(H,22,23). The normalized spacial score (nSPS) is 21.4. The van der Waals surface area contributed by atoms with Gasteiger partial charge >= 0.3 is 5.97 Å². The highest BCUT2D eigenvalue weighted by atomic mass is 16.4. The van der Waals surface area contributed by atoms with Crippen molar-refractivity contribution in [2.45, 2.75) is 44.1 Å². The summed E-state index contributed by atoms with van der Waals surface area (Å²) in [4.78, 5) is 26.5. The van der Waals surface area contributed by atoms with E-state index in [1.807, 2.05) is 44.3 Å². The first-order valence-electron chi connectivity index (χ1n) is 8.28. The van der Waals surface area contributed by atoms with Crippen LogP contribution in [0.3, 0.4) is 0 Å². The molecule has 5 heteroatoms. The topological polar surface area (TPSA) is 69.6 Å². The van der Waals surface area contributed by atoms with Crippen LogP contribution >= 0.6 is 0 Å². The Kier molecular flexibility index (Phi) is 5.77. The lowest BCUT2D eigenvalue weighted by molar-refractivity contribution is -0.144. The van der Waals surface area contributed by atoms with Gasteiger partial charge in [0.1, 0.15) is 5.41 Å². The molecule has 1 saturated heterocycles. The van der Waals surface area contributed by atoms with E-state index in [4.69, 9.17) is 0 Å². The largest absolute Gasteiger partial charge is 0.481 e. The number of nitrogens with one attached hydrogen (secondary N) is 1. The van der Waals surface area contributed by atoms with Crippen LogP contribution in [-0.4, -0.2) is 48.1 Å². The average Bonchev–Trinajstić information content (AvgIpc) is 2.56. The second-order valence-electron chi connectivity index (χ2n) is 6.32. The molecular weight excluding hydrogens is 292 g/mol. The van der Waals surface area contributed by atoms with Crippen LogP contribution in [0.25, 0.3) is 0 Å². The Bertz CT molecular complexity index is 546. The maximum atomic E-state index is 12.5. The van der Waals surface area contributed by atoms with E-state index in [1.54, 1.807) is 0 Å². The number of likely N-dealkylation sites (tertiary alicyclic amines) is 1. The van der Waals surface area contributed by atoms with Gasteiger partial charge in [-0.1, -0.05) is 43.7 Å². The Morgan fingerprint density at radius 3 is 2.57 bits per heavy atom. The summed E-state index contributed by atoms with van der Waals surface area (Å²) in [5.41, 5.74) is -0.350. The van der Waals surface area contributed by atoms with Crippen molar-refractivity contribution >= 4 is 11.9 Å². The lowest BCUT2D eigenvalue weighted by atomic mass is 9.78. The zero-order chi connectivity index (χ0) is 16.9. The van der Waals surface area contributed by atoms with Crippen molar-refractivity contribution in [1.82, 2.24) is 10.2 Å². The second kappa shape index (κ2) is 7.59. The van der Waals surface area contributed by atoms with E-state index >= 15 is 0 Å². The molecule has 0 bridgehead atoms. The number of carbonyl (C=O) groups is 2. The zero-order valence-corrected chi connectivity index (χ0v) is 13.9. The van der Waals surface area contributed by atoms with Crippen molar-refractivity contribution in [1.29, 1.82) is 0 Å². The van der Waals surface area contributed by atoms with Gasteiger partial charge in [0.15, 0.2) is 0 Å². The van der Waals surface area contributed by atoms with Gasteiger partial charge in [0.25, 0.3) is 0 Å². The number of hydrogen-bond acceptors (Lipinski definition) is 3.